The first-order valence-electron chi connectivity index (χ1n) is 6.26. The molecule has 0 atom stereocenters. The fourth-order valence-corrected chi connectivity index (χ4v) is 2.08. The number of hydrogen-bond acceptors (Lipinski definition) is 4. The van der Waals surface area contributed by atoms with Crippen LogP contribution < -0.4 is 15.4 Å². The summed E-state index contributed by atoms with van der Waals surface area (Å²) < 4.78 is 5.05. The van der Waals surface area contributed by atoms with Crippen LogP contribution in [0.15, 0.2) is 18.2 Å². The molecule has 0 aromatic heterocycles. The Balaban J connectivity index is 2.05. The minimum atomic E-state index is -0.693. The lowest BCUT2D eigenvalue weighted by molar-refractivity contribution is -0.143. The summed E-state index contributed by atoms with van der Waals surface area (Å²) in [6, 6.07) is 4.85. The monoisotopic (exact) mass is 297 g/mol. The standard InChI is InChI=1S/C13H16ClN3O3/c1-20-9-2-3-10(14)11(8-9)16-12(18)13(19)17-6-4-15-5-7-17/h2-3,8,15H,4-7H2,1H3,(H,16,18). The van der Waals surface area contributed by atoms with Gasteiger partial charge in [0, 0.05) is 32.2 Å². The predicted octanol–water partition coefficient (Wildman–Crippen LogP) is 0.719. The summed E-state index contributed by atoms with van der Waals surface area (Å²) in [4.78, 5) is 25.4. The number of hydrogen-bond donors (Lipinski definition) is 2. The zero-order valence-electron chi connectivity index (χ0n) is 11.1. The molecule has 0 aliphatic carbocycles. The third-order valence-corrected chi connectivity index (χ3v) is 3.35. The molecule has 1 saturated heterocycles. The van der Waals surface area contributed by atoms with E-state index in [1.807, 2.05) is 0 Å². The van der Waals surface area contributed by atoms with Crippen molar-refractivity contribution in [2.45, 2.75) is 0 Å². The number of nitrogens with one attached hydrogen (secondary N) is 2. The van der Waals surface area contributed by atoms with Crippen molar-refractivity contribution in [1.29, 1.82) is 0 Å². The van der Waals surface area contributed by atoms with Gasteiger partial charge in [0.1, 0.15) is 5.75 Å². The second kappa shape index (κ2) is 6.58. The number of anilines is 1. The topological polar surface area (TPSA) is 70.7 Å². The Morgan fingerprint density at radius 2 is 2.05 bits per heavy atom. The Labute approximate surface area is 122 Å². The zero-order chi connectivity index (χ0) is 14.5. The van der Waals surface area contributed by atoms with E-state index in [9.17, 15) is 9.59 Å². The number of amides is 2. The van der Waals surface area contributed by atoms with Crippen LogP contribution in [0.2, 0.25) is 5.02 Å². The van der Waals surface area contributed by atoms with E-state index >= 15 is 0 Å². The molecule has 1 aromatic rings. The summed E-state index contributed by atoms with van der Waals surface area (Å²) in [5.41, 5.74) is 0.361. The lowest BCUT2D eigenvalue weighted by Gasteiger charge is -2.26. The van der Waals surface area contributed by atoms with Crippen molar-refractivity contribution in [1.82, 2.24) is 10.2 Å². The van der Waals surface area contributed by atoms with Gasteiger partial charge in [-0.3, -0.25) is 9.59 Å². The van der Waals surface area contributed by atoms with Crippen LogP contribution in [0.3, 0.4) is 0 Å². The summed E-state index contributed by atoms with van der Waals surface area (Å²) in [5.74, 6) is -0.688. The maximum absolute atomic E-state index is 12.0. The highest BCUT2D eigenvalue weighted by atomic mass is 35.5. The molecule has 1 aliphatic rings. The van der Waals surface area contributed by atoms with E-state index in [1.165, 1.54) is 12.0 Å². The van der Waals surface area contributed by atoms with Gasteiger partial charge in [0.15, 0.2) is 0 Å². The van der Waals surface area contributed by atoms with Gasteiger partial charge in [0.05, 0.1) is 17.8 Å². The summed E-state index contributed by atoms with van der Waals surface area (Å²) in [6.45, 7) is 2.44. The number of piperazine rings is 1. The van der Waals surface area contributed by atoms with Gasteiger partial charge in [0.25, 0.3) is 0 Å². The van der Waals surface area contributed by atoms with Gasteiger partial charge in [-0.05, 0) is 12.1 Å². The van der Waals surface area contributed by atoms with E-state index in [1.54, 1.807) is 18.2 Å². The quantitative estimate of drug-likeness (QED) is 0.789. The van der Waals surface area contributed by atoms with Crippen LogP contribution in [0.1, 0.15) is 0 Å². The van der Waals surface area contributed by atoms with Crippen LogP contribution in [0, 0.1) is 0 Å². The van der Waals surface area contributed by atoms with Crippen LogP contribution in [0.5, 0.6) is 5.75 Å². The van der Waals surface area contributed by atoms with E-state index in [4.69, 9.17) is 16.3 Å². The molecule has 1 aromatic carbocycles. The number of nitrogens with zero attached hydrogens (tertiary/aromatic N) is 1. The smallest absolute Gasteiger partial charge is 0.313 e. The Hall–Kier alpha value is -1.79. The largest absolute Gasteiger partial charge is 0.497 e. The molecule has 1 aliphatic heterocycles. The van der Waals surface area contributed by atoms with Gasteiger partial charge < -0.3 is 20.3 Å². The van der Waals surface area contributed by atoms with Gasteiger partial charge in [-0.15, -0.1) is 0 Å². The third kappa shape index (κ3) is 3.40. The SMILES string of the molecule is COc1ccc(Cl)c(NC(=O)C(=O)N2CCNCC2)c1. The van der Waals surface area contributed by atoms with Crippen LogP contribution in [-0.2, 0) is 9.59 Å². The highest BCUT2D eigenvalue weighted by Gasteiger charge is 2.23. The van der Waals surface area contributed by atoms with Crippen LogP contribution in [-0.4, -0.2) is 50.0 Å². The number of halogens is 1. The van der Waals surface area contributed by atoms with E-state index in [-0.39, 0.29) is 0 Å². The summed E-state index contributed by atoms with van der Waals surface area (Å²) in [5, 5.41) is 5.99. The van der Waals surface area contributed by atoms with E-state index in [2.05, 4.69) is 10.6 Å². The molecule has 0 spiro atoms. The fourth-order valence-electron chi connectivity index (χ4n) is 1.91. The van der Waals surface area contributed by atoms with Crippen molar-refractivity contribution in [3.8, 4) is 5.75 Å². The maximum Gasteiger partial charge on any atom is 0.313 e. The van der Waals surface area contributed by atoms with E-state index < -0.39 is 11.8 Å². The van der Waals surface area contributed by atoms with E-state index in [0.717, 1.165) is 0 Å². The lowest BCUT2D eigenvalue weighted by Crippen LogP contribution is -2.49. The Morgan fingerprint density at radius 3 is 2.70 bits per heavy atom. The number of methoxy groups -OCH3 is 1. The number of rotatable bonds is 2. The van der Waals surface area contributed by atoms with E-state index in [0.29, 0.717) is 42.6 Å². The highest BCUT2D eigenvalue weighted by molar-refractivity contribution is 6.41. The molecule has 0 radical (unpaired) electrons. The molecule has 108 valence electrons. The van der Waals surface area contributed by atoms with Crippen molar-refractivity contribution in [3.05, 3.63) is 23.2 Å². The maximum atomic E-state index is 12.0. The average molecular weight is 298 g/mol. The average Bonchev–Trinajstić information content (AvgIpc) is 2.49. The van der Waals surface area contributed by atoms with Crippen LogP contribution >= 0.6 is 11.6 Å². The highest BCUT2D eigenvalue weighted by Crippen LogP contribution is 2.26. The molecule has 1 heterocycles. The van der Waals surface area contributed by atoms with Gasteiger partial charge in [-0.1, -0.05) is 11.6 Å². The summed E-state index contributed by atoms with van der Waals surface area (Å²) in [7, 11) is 1.51. The molecule has 2 N–H and O–H groups in total. The molecular weight excluding hydrogens is 282 g/mol. The minimum Gasteiger partial charge on any atom is -0.497 e. The van der Waals surface area contributed by atoms with Crippen molar-refractivity contribution in [3.63, 3.8) is 0 Å². The van der Waals surface area contributed by atoms with Gasteiger partial charge >= 0.3 is 11.8 Å². The first-order valence-corrected chi connectivity index (χ1v) is 6.64. The summed E-state index contributed by atoms with van der Waals surface area (Å²) >= 11 is 5.98. The van der Waals surface area contributed by atoms with Gasteiger partial charge in [-0.2, -0.15) is 0 Å². The molecule has 20 heavy (non-hydrogen) atoms. The Bertz CT molecular complexity index is 516. The van der Waals surface area contributed by atoms with Gasteiger partial charge in [0.2, 0.25) is 0 Å². The fraction of sp³-hybridized carbons (Fsp3) is 0.385. The number of ether oxygens (including phenoxy) is 1. The predicted molar refractivity (Wildman–Crippen MR) is 76.1 cm³/mol. The number of carbonyl (C=O) groups is 2. The van der Waals surface area contributed by atoms with Crippen molar-refractivity contribution < 1.29 is 14.3 Å². The normalized spacial score (nSPS) is 14.8. The molecule has 2 amide bonds. The second-order valence-corrected chi connectivity index (χ2v) is 4.75. The first-order chi connectivity index (χ1) is 9.61. The van der Waals surface area contributed by atoms with Crippen LogP contribution in [0.4, 0.5) is 5.69 Å². The third-order valence-electron chi connectivity index (χ3n) is 3.02. The van der Waals surface area contributed by atoms with Gasteiger partial charge in [-0.25, -0.2) is 0 Å². The van der Waals surface area contributed by atoms with Crippen molar-refractivity contribution >= 4 is 29.1 Å². The molecule has 0 unspecified atom stereocenters. The molecule has 2 rings (SSSR count). The molecule has 0 saturated carbocycles. The first kappa shape index (κ1) is 14.6. The number of carbonyl (C=O) groups excluding carboxylic acids is 2. The second-order valence-electron chi connectivity index (χ2n) is 4.34. The Kier molecular flexibility index (Phi) is 4.81. The number of benzene rings is 1. The van der Waals surface area contributed by atoms with Crippen molar-refractivity contribution in [2.24, 2.45) is 0 Å². The molecule has 7 heteroatoms. The van der Waals surface area contributed by atoms with Crippen LogP contribution in [0.25, 0.3) is 0 Å². The zero-order valence-corrected chi connectivity index (χ0v) is 11.9. The molecular formula is C13H16ClN3O3. The van der Waals surface area contributed by atoms with Crippen molar-refractivity contribution in [2.75, 3.05) is 38.6 Å². The minimum absolute atomic E-state index is 0.354. The lowest BCUT2D eigenvalue weighted by atomic mass is 10.3. The molecule has 0 bridgehead atoms. The molecule has 1 fully saturated rings. The Morgan fingerprint density at radius 1 is 1.35 bits per heavy atom. The molecule has 6 nitrogen and oxygen atoms in total. The summed E-state index contributed by atoms with van der Waals surface area (Å²) in [6.07, 6.45) is 0.